The van der Waals surface area contributed by atoms with E-state index < -0.39 is 10.0 Å². The Morgan fingerprint density at radius 1 is 1.29 bits per heavy atom. The molecule has 0 bridgehead atoms. The summed E-state index contributed by atoms with van der Waals surface area (Å²) in [7, 11) is -3.09. The van der Waals surface area contributed by atoms with Gasteiger partial charge < -0.3 is 4.90 Å². The first-order valence-corrected chi connectivity index (χ1v) is 7.38. The number of hydrogen-bond acceptors (Lipinski definition) is 5. The zero-order chi connectivity index (χ0) is 12.5. The second-order valence-corrected chi connectivity index (χ2v) is 6.26. The molecule has 1 aromatic rings. The van der Waals surface area contributed by atoms with Gasteiger partial charge in [-0.15, -0.1) is 5.10 Å². The van der Waals surface area contributed by atoms with Gasteiger partial charge >= 0.3 is 0 Å². The SMILES string of the molecule is CS(=O)(=O)N1CCN(c2cnnc(Cl)c2)CC1. The number of piperazine rings is 1. The van der Waals surface area contributed by atoms with Gasteiger partial charge in [0.1, 0.15) is 0 Å². The van der Waals surface area contributed by atoms with Gasteiger partial charge in [0.25, 0.3) is 0 Å². The third-order valence-electron chi connectivity index (χ3n) is 2.68. The minimum absolute atomic E-state index is 0.341. The molecule has 0 N–H and O–H groups in total. The molecule has 1 aromatic heterocycles. The van der Waals surface area contributed by atoms with Crippen LogP contribution in [-0.2, 0) is 10.0 Å². The molecule has 2 rings (SSSR count). The number of hydrogen-bond donors (Lipinski definition) is 0. The monoisotopic (exact) mass is 276 g/mol. The molecule has 0 saturated carbocycles. The standard InChI is InChI=1S/C9H13ClN4O2S/c1-17(15,16)14-4-2-13(3-5-14)8-6-9(10)12-11-7-8/h6-7H,2-5H2,1H3. The maximum Gasteiger partial charge on any atom is 0.211 e. The van der Waals surface area contributed by atoms with Gasteiger partial charge in [0.2, 0.25) is 10.0 Å². The first-order valence-electron chi connectivity index (χ1n) is 5.15. The van der Waals surface area contributed by atoms with Gasteiger partial charge in [-0.1, -0.05) is 11.6 Å². The van der Waals surface area contributed by atoms with Crippen LogP contribution in [0.15, 0.2) is 12.3 Å². The molecule has 0 aliphatic carbocycles. The van der Waals surface area contributed by atoms with E-state index in [1.54, 1.807) is 12.3 Å². The van der Waals surface area contributed by atoms with Crippen molar-refractivity contribution in [2.75, 3.05) is 37.3 Å². The minimum atomic E-state index is -3.09. The van der Waals surface area contributed by atoms with Crippen molar-refractivity contribution in [3.8, 4) is 0 Å². The third-order valence-corrected chi connectivity index (χ3v) is 4.17. The van der Waals surface area contributed by atoms with Crippen LogP contribution in [-0.4, -0.2) is 55.4 Å². The van der Waals surface area contributed by atoms with Crippen molar-refractivity contribution in [2.45, 2.75) is 0 Å². The van der Waals surface area contributed by atoms with E-state index in [9.17, 15) is 8.42 Å². The van der Waals surface area contributed by atoms with Crippen molar-refractivity contribution in [3.63, 3.8) is 0 Å². The Labute approximate surface area is 105 Å². The van der Waals surface area contributed by atoms with Crippen molar-refractivity contribution >= 4 is 27.3 Å². The fourth-order valence-corrected chi connectivity index (χ4v) is 2.76. The van der Waals surface area contributed by atoms with Crippen molar-refractivity contribution < 1.29 is 8.42 Å². The highest BCUT2D eigenvalue weighted by atomic mass is 35.5. The smallest absolute Gasteiger partial charge is 0.211 e. The van der Waals surface area contributed by atoms with Crippen molar-refractivity contribution in [2.24, 2.45) is 0 Å². The van der Waals surface area contributed by atoms with E-state index in [0.717, 1.165) is 5.69 Å². The maximum atomic E-state index is 11.3. The summed E-state index contributed by atoms with van der Waals surface area (Å²) in [6.07, 6.45) is 2.86. The summed E-state index contributed by atoms with van der Waals surface area (Å²) in [6.45, 7) is 2.24. The molecule has 1 fully saturated rings. The van der Waals surface area contributed by atoms with E-state index in [0.29, 0.717) is 31.3 Å². The Bertz CT molecular complexity index is 499. The largest absolute Gasteiger partial charge is 0.367 e. The second kappa shape index (κ2) is 4.75. The van der Waals surface area contributed by atoms with Gasteiger partial charge in [-0.2, -0.15) is 9.40 Å². The highest BCUT2D eigenvalue weighted by Crippen LogP contribution is 2.18. The van der Waals surface area contributed by atoms with E-state index in [-0.39, 0.29) is 0 Å². The van der Waals surface area contributed by atoms with Crippen LogP contribution in [0.3, 0.4) is 0 Å². The molecule has 2 heterocycles. The summed E-state index contributed by atoms with van der Waals surface area (Å²) in [5.41, 5.74) is 0.873. The van der Waals surface area contributed by atoms with Crippen LogP contribution in [0.4, 0.5) is 5.69 Å². The molecule has 0 aromatic carbocycles. The van der Waals surface area contributed by atoms with Crippen LogP contribution < -0.4 is 4.90 Å². The first-order chi connectivity index (χ1) is 7.97. The third kappa shape index (κ3) is 3.05. The lowest BCUT2D eigenvalue weighted by Crippen LogP contribution is -2.48. The molecule has 1 aliphatic rings. The lowest BCUT2D eigenvalue weighted by Gasteiger charge is -2.34. The van der Waals surface area contributed by atoms with Gasteiger partial charge in [0.05, 0.1) is 18.1 Å². The Morgan fingerprint density at radius 3 is 2.47 bits per heavy atom. The van der Waals surface area contributed by atoms with Crippen molar-refractivity contribution in [1.29, 1.82) is 0 Å². The summed E-state index contributed by atoms with van der Waals surface area (Å²) in [4.78, 5) is 2.04. The van der Waals surface area contributed by atoms with Gasteiger partial charge in [0.15, 0.2) is 5.15 Å². The molecule has 0 radical (unpaired) electrons. The van der Waals surface area contributed by atoms with Crippen LogP contribution in [0.1, 0.15) is 0 Å². The van der Waals surface area contributed by atoms with E-state index in [1.807, 2.05) is 4.90 Å². The molecule has 0 unspecified atom stereocenters. The Balaban J connectivity index is 2.05. The average molecular weight is 277 g/mol. The predicted molar refractivity (Wildman–Crippen MR) is 65.7 cm³/mol. The quantitative estimate of drug-likeness (QED) is 0.773. The van der Waals surface area contributed by atoms with Crippen LogP contribution in [0, 0.1) is 0 Å². The van der Waals surface area contributed by atoms with Gasteiger partial charge in [-0.25, -0.2) is 8.42 Å². The Morgan fingerprint density at radius 2 is 1.94 bits per heavy atom. The zero-order valence-electron chi connectivity index (χ0n) is 9.37. The average Bonchev–Trinajstić information content (AvgIpc) is 2.28. The van der Waals surface area contributed by atoms with Gasteiger partial charge in [-0.05, 0) is 0 Å². The number of nitrogens with zero attached hydrogens (tertiary/aromatic N) is 4. The maximum absolute atomic E-state index is 11.3. The van der Waals surface area contributed by atoms with Crippen LogP contribution in [0.25, 0.3) is 0 Å². The summed E-state index contributed by atoms with van der Waals surface area (Å²) in [5.74, 6) is 0. The van der Waals surface area contributed by atoms with Gasteiger partial charge in [-0.3, -0.25) is 0 Å². The number of anilines is 1. The molecule has 8 heteroatoms. The number of halogens is 1. The molecule has 1 aliphatic heterocycles. The Hall–Kier alpha value is -0.920. The molecule has 94 valence electrons. The molecule has 0 spiro atoms. The van der Waals surface area contributed by atoms with E-state index in [4.69, 9.17) is 11.6 Å². The highest BCUT2D eigenvalue weighted by Gasteiger charge is 2.23. The van der Waals surface area contributed by atoms with Gasteiger partial charge in [0, 0.05) is 32.2 Å². The topological polar surface area (TPSA) is 66.4 Å². The molecular weight excluding hydrogens is 264 g/mol. The normalized spacial score (nSPS) is 18.4. The lowest BCUT2D eigenvalue weighted by atomic mass is 10.3. The second-order valence-electron chi connectivity index (χ2n) is 3.89. The highest BCUT2D eigenvalue weighted by molar-refractivity contribution is 7.88. The van der Waals surface area contributed by atoms with E-state index in [1.165, 1.54) is 10.6 Å². The molecule has 6 nitrogen and oxygen atoms in total. The van der Waals surface area contributed by atoms with E-state index >= 15 is 0 Å². The van der Waals surface area contributed by atoms with Crippen molar-refractivity contribution in [3.05, 3.63) is 17.4 Å². The summed E-state index contributed by atoms with van der Waals surface area (Å²) in [6, 6.07) is 1.73. The number of sulfonamides is 1. The fourth-order valence-electron chi connectivity index (χ4n) is 1.78. The molecule has 17 heavy (non-hydrogen) atoms. The number of rotatable bonds is 2. The molecule has 0 atom stereocenters. The lowest BCUT2D eigenvalue weighted by molar-refractivity contribution is 0.388. The van der Waals surface area contributed by atoms with Crippen LogP contribution in [0.5, 0.6) is 0 Å². The zero-order valence-corrected chi connectivity index (χ0v) is 10.9. The molecule has 0 amide bonds. The predicted octanol–water partition coefficient (Wildman–Crippen LogP) is 0.212. The van der Waals surface area contributed by atoms with E-state index in [2.05, 4.69) is 10.2 Å². The Kier molecular flexibility index (Phi) is 3.50. The summed E-state index contributed by atoms with van der Waals surface area (Å²) in [5, 5.41) is 7.78. The summed E-state index contributed by atoms with van der Waals surface area (Å²) >= 11 is 5.76. The summed E-state index contributed by atoms with van der Waals surface area (Å²) < 4.78 is 24.2. The number of aromatic nitrogens is 2. The van der Waals surface area contributed by atoms with Crippen LogP contribution >= 0.6 is 11.6 Å². The molecule has 1 saturated heterocycles. The van der Waals surface area contributed by atoms with Crippen molar-refractivity contribution in [1.82, 2.24) is 14.5 Å². The fraction of sp³-hybridized carbons (Fsp3) is 0.556. The van der Waals surface area contributed by atoms with Crippen LogP contribution in [0.2, 0.25) is 5.15 Å². The minimum Gasteiger partial charge on any atom is -0.367 e. The molecular formula is C9H13ClN4O2S. The first kappa shape index (κ1) is 12.5.